The SMILES string of the molecule is COc1ccc(-n2nc(CNC(C)=O)cc2-c2ccccc2)cn1. The number of hydrogen-bond donors (Lipinski definition) is 1. The fraction of sp³-hybridized carbons (Fsp3) is 0.167. The Labute approximate surface area is 140 Å². The summed E-state index contributed by atoms with van der Waals surface area (Å²) in [5.74, 6) is 0.461. The van der Waals surface area contributed by atoms with Crippen LogP contribution in [0.15, 0.2) is 54.7 Å². The number of nitrogens with one attached hydrogen (secondary N) is 1. The van der Waals surface area contributed by atoms with E-state index in [0.717, 1.165) is 22.6 Å². The van der Waals surface area contributed by atoms with Crippen molar-refractivity contribution in [3.05, 3.63) is 60.4 Å². The van der Waals surface area contributed by atoms with Gasteiger partial charge in [-0.2, -0.15) is 5.10 Å². The predicted molar refractivity (Wildman–Crippen MR) is 90.9 cm³/mol. The van der Waals surface area contributed by atoms with Gasteiger partial charge in [0.15, 0.2) is 0 Å². The van der Waals surface area contributed by atoms with Crippen molar-refractivity contribution in [2.24, 2.45) is 0 Å². The number of nitrogens with zero attached hydrogens (tertiary/aromatic N) is 3. The van der Waals surface area contributed by atoms with Gasteiger partial charge in [-0.3, -0.25) is 4.79 Å². The lowest BCUT2D eigenvalue weighted by Crippen LogP contribution is -2.19. The minimum atomic E-state index is -0.0862. The highest BCUT2D eigenvalue weighted by Gasteiger charge is 2.12. The minimum Gasteiger partial charge on any atom is -0.481 e. The minimum absolute atomic E-state index is 0.0862. The van der Waals surface area contributed by atoms with Crippen molar-refractivity contribution < 1.29 is 9.53 Å². The molecule has 6 heteroatoms. The van der Waals surface area contributed by atoms with Crippen LogP contribution in [0, 0.1) is 0 Å². The molecule has 0 aliphatic carbocycles. The molecule has 0 radical (unpaired) electrons. The number of carbonyl (C=O) groups is 1. The van der Waals surface area contributed by atoms with Crippen molar-refractivity contribution in [1.82, 2.24) is 20.1 Å². The Morgan fingerprint density at radius 3 is 2.62 bits per heavy atom. The summed E-state index contributed by atoms with van der Waals surface area (Å²) in [7, 11) is 1.58. The van der Waals surface area contributed by atoms with Gasteiger partial charge in [-0.15, -0.1) is 0 Å². The number of aromatic nitrogens is 3. The third kappa shape index (κ3) is 3.43. The highest BCUT2D eigenvalue weighted by atomic mass is 16.5. The lowest BCUT2D eigenvalue weighted by Gasteiger charge is -2.07. The van der Waals surface area contributed by atoms with Crippen molar-refractivity contribution in [2.45, 2.75) is 13.5 Å². The smallest absolute Gasteiger partial charge is 0.217 e. The van der Waals surface area contributed by atoms with E-state index in [1.165, 1.54) is 6.92 Å². The largest absolute Gasteiger partial charge is 0.481 e. The summed E-state index contributed by atoms with van der Waals surface area (Å²) in [4.78, 5) is 15.4. The summed E-state index contributed by atoms with van der Waals surface area (Å²) in [6, 6.07) is 15.6. The molecule has 0 unspecified atom stereocenters. The third-order valence-electron chi connectivity index (χ3n) is 3.52. The maximum Gasteiger partial charge on any atom is 0.217 e. The maximum atomic E-state index is 11.1. The molecule has 2 aromatic heterocycles. The monoisotopic (exact) mass is 322 g/mol. The van der Waals surface area contributed by atoms with Crippen LogP contribution in [0.1, 0.15) is 12.6 Å². The molecule has 0 saturated carbocycles. The second-order valence-electron chi connectivity index (χ2n) is 5.27. The summed E-state index contributed by atoms with van der Waals surface area (Å²) in [6.45, 7) is 1.87. The van der Waals surface area contributed by atoms with Crippen LogP contribution >= 0.6 is 0 Å². The quantitative estimate of drug-likeness (QED) is 0.784. The number of benzene rings is 1. The first kappa shape index (κ1) is 15.7. The number of pyridine rings is 1. The molecule has 1 amide bonds. The fourth-order valence-corrected chi connectivity index (χ4v) is 2.36. The zero-order chi connectivity index (χ0) is 16.9. The van der Waals surface area contributed by atoms with E-state index in [-0.39, 0.29) is 5.91 Å². The number of ether oxygens (including phenoxy) is 1. The Hall–Kier alpha value is -3.15. The van der Waals surface area contributed by atoms with Crippen LogP contribution in [0.4, 0.5) is 0 Å². The highest BCUT2D eigenvalue weighted by molar-refractivity contribution is 5.72. The maximum absolute atomic E-state index is 11.1. The Morgan fingerprint density at radius 2 is 2.00 bits per heavy atom. The van der Waals surface area contributed by atoms with E-state index in [2.05, 4.69) is 15.4 Å². The summed E-state index contributed by atoms with van der Waals surface area (Å²) < 4.78 is 6.92. The van der Waals surface area contributed by atoms with Crippen molar-refractivity contribution >= 4 is 5.91 Å². The van der Waals surface area contributed by atoms with Crippen LogP contribution in [0.2, 0.25) is 0 Å². The van der Waals surface area contributed by atoms with E-state index in [4.69, 9.17) is 4.74 Å². The van der Waals surface area contributed by atoms with Gasteiger partial charge >= 0.3 is 0 Å². The van der Waals surface area contributed by atoms with Crippen LogP contribution in [0.25, 0.3) is 16.9 Å². The molecule has 2 heterocycles. The van der Waals surface area contributed by atoms with E-state index < -0.39 is 0 Å². The second-order valence-corrected chi connectivity index (χ2v) is 5.27. The lowest BCUT2D eigenvalue weighted by atomic mass is 10.1. The van der Waals surface area contributed by atoms with E-state index in [9.17, 15) is 4.79 Å². The zero-order valence-corrected chi connectivity index (χ0v) is 13.6. The number of amides is 1. The van der Waals surface area contributed by atoms with Gasteiger partial charge in [-0.1, -0.05) is 30.3 Å². The topological polar surface area (TPSA) is 69.0 Å². The Morgan fingerprint density at radius 1 is 1.21 bits per heavy atom. The summed E-state index contributed by atoms with van der Waals surface area (Å²) in [5.41, 5.74) is 3.57. The molecule has 0 atom stereocenters. The van der Waals surface area contributed by atoms with E-state index in [1.54, 1.807) is 19.4 Å². The van der Waals surface area contributed by atoms with Crippen molar-refractivity contribution in [1.29, 1.82) is 0 Å². The molecule has 0 saturated heterocycles. The van der Waals surface area contributed by atoms with E-state index in [1.807, 2.05) is 47.1 Å². The van der Waals surface area contributed by atoms with Gasteiger partial charge in [-0.05, 0) is 12.1 Å². The molecule has 0 spiro atoms. The molecule has 0 aliphatic rings. The third-order valence-corrected chi connectivity index (χ3v) is 3.52. The molecule has 3 aromatic rings. The summed E-state index contributed by atoms with van der Waals surface area (Å²) in [6.07, 6.45) is 1.71. The lowest BCUT2D eigenvalue weighted by molar-refractivity contribution is -0.119. The number of carbonyl (C=O) groups excluding carboxylic acids is 1. The van der Waals surface area contributed by atoms with Crippen LogP contribution in [-0.2, 0) is 11.3 Å². The number of hydrogen-bond acceptors (Lipinski definition) is 4. The molecule has 0 aliphatic heterocycles. The van der Waals surface area contributed by atoms with Gasteiger partial charge in [0.1, 0.15) is 0 Å². The van der Waals surface area contributed by atoms with Crippen LogP contribution in [-0.4, -0.2) is 27.8 Å². The molecule has 24 heavy (non-hydrogen) atoms. The normalized spacial score (nSPS) is 10.4. The van der Waals surface area contributed by atoms with Crippen LogP contribution in [0.3, 0.4) is 0 Å². The molecule has 122 valence electrons. The van der Waals surface area contributed by atoms with Gasteiger partial charge < -0.3 is 10.1 Å². The van der Waals surface area contributed by atoms with Gasteiger partial charge in [0.2, 0.25) is 11.8 Å². The standard InChI is InChI=1S/C18H18N4O2/c1-13(23)19-11-15-10-17(14-6-4-3-5-7-14)22(21-15)16-8-9-18(24-2)20-12-16/h3-10,12H,11H2,1-2H3,(H,19,23). The summed E-state index contributed by atoms with van der Waals surface area (Å²) >= 11 is 0. The van der Waals surface area contributed by atoms with Crippen LogP contribution < -0.4 is 10.1 Å². The molecular formula is C18H18N4O2. The molecule has 6 nitrogen and oxygen atoms in total. The van der Waals surface area contributed by atoms with Gasteiger partial charge in [0.25, 0.3) is 0 Å². The molecule has 0 bridgehead atoms. The number of rotatable bonds is 5. The highest BCUT2D eigenvalue weighted by Crippen LogP contribution is 2.24. The predicted octanol–water partition coefficient (Wildman–Crippen LogP) is 2.58. The first-order chi connectivity index (χ1) is 11.7. The molecule has 3 rings (SSSR count). The van der Waals surface area contributed by atoms with Gasteiger partial charge in [0, 0.05) is 18.6 Å². The van der Waals surface area contributed by atoms with Crippen molar-refractivity contribution in [3.63, 3.8) is 0 Å². The first-order valence-corrected chi connectivity index (χ1v) is 7.56. The Bertz CT molecular complexity index is 826. The molecule has 0 fully saturated rings. The van der Waals surface area contributed by atoms with Crippen molar-refractivity contribution in [2.75, 3.05) is 7.11 Å². The Balaban J connectivity index is 2.03. The zero-order valence-electron chi connectivity index (χ0n) is 13.6. The first-order valence-electron chi connectivity index (χ1n) is 7.56. The molecular weight excluding hydrogens is 304 g/mol. The fourth-order valence-electron chi connectivity index (χ4n) is 2.36. The summed E-state index contributed by atoms with van der Waals surface area (Å²) in [5, 5.41) is 7.38. The van der Waals surface area contributed by atoms with E-state index in [0.29, 0.717) is 12.4 Å². The van der Waals surface area contributed by atoms with Crippen molar-refractivity contribution in [3.8, 4) is 22.8 Å². The number of methoxy groups -OCH3 is 1. The second kappa shape index (κ2) is 6.95. The molecule has 1 N–H and O–H groups in total. The van der Waals surface area contributed by atoms with E-state index >= 15 is 0 Å². The van der Waals surface area contributed by atoms with Crippen LogP contribution in [0.5, 0.6) is 5.88 Å². The average Bonchev–Trinajstić information content (AvgIpc) is 3.05. The Kier molecular flexibility index (Phi) is 4.56. The van der Waals surface area contributed by atoms with Gasteiger partial charge in [-0.25, -0.2) is 9.67 Å². The average molecular weight is 322 g/mol. The van der Waals surface area contributed by atoms with Gasteiger partial charge in [0.05, 0.1) is 36.9 Å². The molecule has 1 aromatic carbocycles.